The van der Waals surface area contributed by atoms with Gasteiger partial charge in [0.05, 0.1) is 59.5 Å². The summed E-state index contributed by atoms with van der Waals surface area (Å²) in [4.78, 5) is 24.2. The molecule has 3 fully saturated rings. The molecule has 4 aliphatic rings. The molecule has 0 spiro atoms. The van der Waals surface area contributed by atoms with Crippen LogP contribution in [0.2, 0.25) is 0 Å². The van der Waals surface area contributed by atoms with Gasteiger partial charge in [0.2, 0.25) is 0 Å². The first-order valence-corrected chi connectivity index (χ1v) is 25.7. The molecule has 5 heterocycles. The Labute approximate surface area is 421 Å². The summed E-state index contributed by atoms with van der Waals surface area (Å²) in [5.74, 6) is -2.77. The van der Waals surface area contributed by atoms with Gasteiger partial charge >= 0.3 is 5.97 Å². The second kappa shape index (κ2) is 23.6. The number of oxime groups is 1. The molecule has 0 bridgehead atoms. The quantitative estimate of drug-likeness (QED) is 0.181. The Morgan fingerprint density at radius 1 is 0.958 bits per heavy atom. The Morgan fingerprint density at radius 2 is 1.65 bits per heavy atom. The lowest BCUT2D eigenvalue weighted by Gasteiger charge is -2.49. The fourth-order valence-electron chi connectivity index (χ4n) is 11.3. The van der Waals surface area contributed by atoms with Crippen molar-refractivity contribution in [2.24, 2.45) is 22.9 Å². The van der Waals surface area contributed by atoms with Gasteiger partial charge in [-0.25, -0.2) is 4.68 Å². The predicted octanol–water partition coefficient (Wildman–Crippen LogP) is 3.61. The topological polar surface area (TPSA) is 232 Å². The van der Waals surface area contributed by atoms with Crippen LogP contribution in [-0.2, 0) is 51.0 Å². The predicted molar refractivity (Wildman–Crippen MR) is 264 cm³/mol. The number of hydrogen-bond donors (Lipinski definition) is 5. The monoisotopic (exact) mass is 1000 g/mol. The minimum atomic E-state index is -1.83. The number of aliphatic hydroxyl groups is 5. The Kier molecular flexibility index (Phi) is 19.0. The molecule has 0 aliphatic carbocycles. The zero-order valence-electron chi connectivity index (χ0n) is 44.7. The molecule has 19 atom stereocenters. The lowest BCUT2D eigenvalue weighted by atomic mass is 9.77. The van der Waals surface area contributed by atoms with Crippen molar-refractivity contribution in [3.63, 3.8) is 0 Å². The first-order valence-electron chi connectivity index (χ1n) is 25.7. The maximum atomic E-state index is 14.5. The summed E-state index contributed by atoms with van der Waals surface area (Å²) >= 11 is 0. The average molecular weight is 1000 g/mol. The van der Waals surface area contributed by atoms with E-state index in [1.807, 2.05) is 46.0 Å². The van der Waals surface area contributed by atoms with E-state index in [0.717, 1.165) is 17.0 Å². The summed E-state index contributed by atoms with van der Waals surface area (Å²) in [6.07, 6.45) is -6.04. The zero-order chi connectivity index (χ0) is 52.3. The molecule has 0 radical (unpaired) electrons. The highest BCUT2D eigenvalue weighted by molar-refractivity contribution is 6.01. The second-order valence-electron chi connectivity index (χ2n) is 22.2. The van der Waals surface area contributed by atoms with Gasteiger partial charge in [0, 0.05) is 63.7 Å². The standard InChI is InChI=1S/C52H86N6O13/c1-15-41-52(11,64)45(60)34(7)57(13)26-30(3)24-50(9,63)47(32(5)44(33(6)48(62)68-41)69-42-25-51(10,65-14)46(61)35(8)67-42)70-49-43(59)40(22-31(4)66-49)56(12)21-20-37-27-58(55-53-37)28-38-23-39(54-71-38)36-18-16-29(2)17-19-36/h16-19,27,30-35,38,40-47,49,59-61,63-64H,15,20-26,28H2,1-14H3/t30-,31-,32+,33-,34-,35+,38-,40+,41-,42+,43-,44+,45-,46+,47-,49+,50-,51-,52-/m1/s1. The largest absolute Gasteiger partial charge is 0.459 e. The number of carbonyl (C=O) groups is 1. The van der Waals surface area contributed by atoms with Crippen molar-refractivity contribution in [3.05, 3.63) is 47.3 Å². The Hall–Kier alpha value is -3.18. The number of esters is 1. The van der Waals surface area contributed by atoms with Crippen LogP contribution >= 0.6 is 0 Å². The van der Waals surface area contributed by atoms with E-state index in [9.17, 15) is 30.3 Å². The first-order chi connectivity index (χ1) is 33.3. The normalized spacial score (nSPS) is 41.5. The van der Waals surface area contributed by atoms with Gasteiger partial charge in [-0.15, -0.1) is 5.10 Å². The third-order valence-corrected chi connectivity index (χ3v) is 15.9. The van der Waals surface area contributed by atoms with Crippen LogP contribution in [0.4, 0.5) is 0 Å². The van der Waals surface area contributed by atoms with Crippen LogP contribution < -0.4 is 0 Å². The van der Waals surface area contributed by atoms with E-state index in [0.29, 0.717) is 38.9 Å². The molecule has 0 saturated carbocycles. The number of ether oxygens (including phenoxy) is 6. The highest BCUT2D eigenvalue weighted by Gasteiger charge is 2.53. The third-order valence-electron chi connectivity index (χ3n) is 15.9. The van der Waals surface area contributed by atoms with Crippen molar-refractivity contribution in [1.29, 1.82) is 0 Å². The molecule has 5 N–H and O–H groups in total. The Balaban J connectivity index is 1.23. The van der Waals surface area contributed by atoms with E-state index in [1.54, 1.807) is 46.2 Å². The number of likely N-dealkylation sites (N-methyl/N-ethyl adjacent to an activating group) is 2. The van der Waals surface area contributed by atoms with E-state index < -0.39 is 102 Å². The molecular formula is C52H86N6O13. The summed E-state index contributed by atoms with van der Waals surface area (Å²) in [5, 5.41) is 72.9. The van der Waals surface area contributed by atoms with Gasteiger partial charge in [0.25, 0.3) is 0 Å². The maximum absolute atomic E-state index is 14.5. The van der Waals surface area contributed by atoms with E-state index in [1.165, 1.54) is 19.6 Å². The van der Waals surface area contributed by atoms with Crippen molar-refractivity contribution in [1.82, 2.24) is 24.8 Å². The van der Waals surface area contributed by atoms with Crippen LogP contribution in [0.5, 0.6) is 0 Å². The maximum Gasteiger partial charge on any atom is 0.311 e. The van der Waals surface area contributed by atoms with Gasteiger partial charge in [-0.3, -0.25) is 4.79 Å². The molecule has 2 aromatic rings. The van der Waals surface area contributed by atoms with Gasteiger partial charge < -0.3 is 68.6 Å². The number of carbonyl (C=O) groups excluding carboxylic acids is 1. The number of aryl methyl sites for hydroxylation is 1. The van der Waals surface area contributed by atoms with Gasteiger partial charge in [-0.1, -0.05) is 61.0 Å². The molecule has 71 heavy (non-hydrogen) atoms. The number of methoxy groups -OCH3 is 1. The van der Waals surface area contributed by atoms with Crippen LogP contribution in [-0.4, -0.2) is 193 Å². The summed E-state index contributed by atoms with van der Waals surface area (Å²) < 4.78 is 40.1. The van der Waals surface area contributed by atoms with E-state index in [2.05, 4.69) is 51.6 Å². The fraction of sp³-hybridized carbons (Fsp3) is 0.808. The van der Waals surface area contributed by atoms with Crippen LogP contribution in [0.25, 0.3) is 0 Å². The summed E-state index contributed by atoms with van der Waals surface area (Å²) in [5.41, 5.74) is -0.612. The van der Waals surface area contributed by atoms with Crippen molar-refractivity contribution in [2.75, 3.05) is 34.3 Å². The van der Waals surface area contributed by atoms with Crippen molar-refractivity contribution in [3.8, 4) is 0 Å². The molecule has 3 saturated heterocycles. The van der Waals surface area contributed by atoms with Crippen LogP contribution in [0.1, 0.15) is 118 Å². The zero-order valence-corrected chi connectivity index (χ0v) is 44.7. The number of hydrogen-bond acceptors (Lipinski definition) is 18. The number of aromatic nitrogens is 3. The number of cyclic esters (lactones) is 1. The van der Waals surface area contributed by atoms with E-state index >= 15 is 0 Å². The van der Waals surface area contributed by atoms with Gasteiger partial charge in [0.1, 0.15) is 30.0 Å². The lowest BCUT2D eigenvalue weighted by molar-refractivity contribution is -0.318. The first kappa shape index (κ1) is 57.1. The molecule has 402 valence electrons. The molecule has 0 amide bonds. The number of rotatable bonds is 13. The molecule has 19 nitrogen and oxygen atoms in total. The summed E-state index contributed by atoms with van der Waals surface area (Å²) in [7, 11) is 5.29. The van der Waals surface area contributed by atoms with Gasteiger partial charge in [-0.2, -0.15) is 0 Å². The SMILES string of the molecule is CC[C@H]1OC(=O)[C@H](C)[C@@H](O[C@H]2C[C@@](C)(OC)[C@@H](O)[C@H](C)O2)[C@H](C)[C@@H](O[C@@H]2O[C@H](C)C[C@H](N(C)CCc3cn(C[C@H]4CC(c5ccc(C)cc5)=NO4)nn3)[C@H]2O)[C@](C)(O)C[C@@H](C)CN(C)[C@H](C)[C@@H](O)[C@]1(C)O. The van der Waals surface area contributed by atoms with Gasteiger partial charge in [-0.05, 0) is 100 Å². The highest BCUT2D eigenvalue weighted by atomic mass is 16.7. The Morgan fingerprint density at radius 3 is 2.31 bits per heavy atom. The van der Waals surface area contributed by atoms with Crippen LogP contribution in [0, 0.1) is 24.7 Å². The molecule has 19 heteroatoms. The second-order valence-corrected chi connectivity index (χ2v) is 22.2. The summed E-state index contributed by atoms with van der Waals surface area (Å²) in [6.45, 7) is 21.1. The van der Waals surface area contributed by atoms with Crippen molar-refractivity contribution in [2.45, 2.75) is 218 Å². The Bertz CT molecular complexity index is 2060. The van der Waals surface area contributed by atoms with Gasteiger partial charge in [0.15, 0.2) is 18.7 Å². The van der Waals surface area contributed by atoms with E-state index in [4.69, 9.17) is 33.3 Å². The molecule has 6 rings (SSSR count). The minimum Gasteiger partial charge on any atom is -0.459 e. The van der Waals surface area contributed by atoms with Crippen molar-refractivity contribution < 1.29 is 63.6 Å². The summed E-state index contributed by atoms with van der Waals surface area (Å²) in [6, 6.07) is 7.24. The van der Waals surface area contributed by atoms with E-state index in [-0.39, 0.29) is 37.4 Å². The number of benzene rings is 1. The van der Waals surface area contributed by atoms with Crippen LogP contribution in [0.3, 0.4) is 0 Å². The molecular weight excluding hydrogens is 917 g/mol. The number of nitrogens with zero attached hydrogens (tertiary/aromatic N) is 6. The molecule has 0 unspecified atom stereocenters. The molecule has 1 aromatic heterocycles. The average Bonchev–Trinajstić information content (AvgIpc) is 3.99. The molecule has 4 aliphatic heterocycles. The van der Waals surface area contributed by atoms with Crippen LogP contribution in [0.15, 0.2) is 35.6 Å². The van der Waals surface area contributed by atoms with Crippen molar-refractivity contribution >= 4 is 11.7 Å². The smallest absolute Gasteiger partial charge is 0.311 e. The third kappa shape index (κ3) is 13.4. The molecule has 1 aromatic carbocycles. The lowest BCUT2D eigenvalue weighted by Crippen LogP contribution is -2.61. The fourth-order valence-corrected chi connectivity index (χ4v) is 11.3. The highest BCUT2D eigenvalue weighted by Crippen LogP contribution is 2.40. The number of aliphatic hydroxyl groups excluding tert-OH is 3. The minimum absolute atomic E-state index is 0.104.